The number of nitrogens with zero attached hydrogens (tertiary/aromatic N) is 4. The molecule has 0 bridgehead atoms. The fourth-order valence-corrected chi connectivity index (χ4v) is 8.13. The fourth-order valence-electron chi connectivity index (χ4n) is 8.13. The lowest BCUT2D eigenvalue weighted by atomic mass is 9.58. The van der Waals surface area contributed by atoms with Crippen LogP contribution in [0.25, 0.3) is 0 Å². The van der Waals surface area contributed by atoms with Crippen molar-refractivity contribution in [2.75, 3.05) is 44.7 Å². The lowest BCUT2D eigenvalue weighted by Gasteiger charge is -2.51. The minimum atomic E-state index is -4.31. The van der Waals surface area contributed by atoms with Gasteiger partial charge < -0.3 is 24.4 Å². The molecule has 3 aliphatic rings. The molecule has 3 atom stereocenters. The minimum Gasteiger partial charge on any atom is -0.446 e. The minimum absolute atomic E-state index is 0.150. The molecule has 0 radical (unpaired) electrons. The van der Waals surface area contributed by atoms with Crippen molar-refractivity contribution in [3.63, 3.8) is 0 Å². The average molecular weight is 610 g/mol. The highest BCUT2D eigenvalue weighted by molar-refractivity contribution is 5.67. The van der Waals surface area contributed by atoms with Crippen LogP contribution in [0, 0.1) is 17.8 Å². The standard InChI is InChI=1S/C34H42F3N5O2/c1-38-32(43)44-31-9-5-8-30(31)33(23-41-19-16-39-24-41,26-6-3-2-4-7-26)27-14-17-40(18-15-27)20-25-21-42(22-25)29-12-10-28(11-13-29)34(35,36)37/h2-4,6-7,10-13,16,19,24-25,27,30-31H,5,8-9,14-15,17-18,20-23H2,1H3,(H,38,43). The third-order valence-corrected chi connectivity index (χ3v) is 10.2. The normalized spacial score (nSPS) is 23.2. The maximum absolute atomic E-state index is 13.0. The third-order valence-electron chi connectivity index (χ3n) is 10.2. The van der Waals surface area contributed by atoms with Crippen molar-refractivity contribution in [2.24, 2.45) is 17.8 Å². The summed E-state index contributed by atoms with van der Waals surface area (Å²) in [5, 5.41) is 2.65. The molecule has 10 heteroatoms. The second-order valence-electron chi connectivity index (χ2n) is 12.8. The van der Waals surface area contributed by atoms with Crippen LogP contribution >= 0.6 is 0 Å². The van der Waals surface area contributed by atoms with Gasteiger partial charge in [0.15, 0.2) is 0 Å². The lowest BCUT2D eigenvalue weighted by Crippen LogP contribution is -2.55. The molecule has 3 fully saturated rings. The maximum Gasteiger partial charge on any atom is 0.416 e. The summed E-state index contributed by atoms with van der Waals surface area (Å²) >= 11 is 0. The zero-order chi connectivity index (χ0) is 30.7. The summed E-state index contributed by atoms with van der Waals surface area (Å²) in [6.45, 7) is 5.49. The Labute approximate surface area is 257 Å². The summed E-state index contributed by atoms with van der Waals surface area (Å²) in [6, 6.07) is 16.3. The highest BCUT2D eigenvalue weighted by Gasteiger charge is 2.53. The highest BCUT2D eigenvalue weighted by atomic mass is 19.4. The molecule has 2 saturated heterocycles. The van der Waals surface area contributed by atoms with Gasteiger partial charge in [-0.15, -0.1) is 0 Å². The first kappa shape index (κ1) is 30.5. The number of rotatable bonds is 9. The molecule has 1 aromatic heterocycles. The molecule has 1 saturated carbocycles. The van der Waals surface area contributed by atoms with E-state index in [0.717, 1.165) is 77.1 Å². The van der Waals surface area contributed by atoms with Crippen LogP contribution in [0.2, 0.25) is 0 Å². The molecule has 0 spiro atoms. The maximum atomic E-state index is 13.0. The molecule has 2 aliphatic heterocycles. The topological polar surface area (TPSA) is 62.6 Å². The predicted octanol–water partition coefficient (Wildman–Crippen LogP) is 6.21. The number of alkyl carbamates (subject to hydrolysis) is 1. The number of nitrogens with one attached hydrogen (secondary N) is 1. The molecule has 6 rings (SSSR count). The van der Waals surface area contributed by atoms with Crippen LogP contribution in [-0.4, -0.2) is 66.4 Å². The highest BCUT2D eigenvalue weighted by Crippen LogP contribution is 2.52. The van der Waals surface area contributed by atoms with Gasteiger partial charge in [-0.1, -0.05) is 30.3 Å². The molecule has 2 aromatic carbocycles. The number of anilines is 1. The molecule has 7 nitrogen and oxygen atoms in total. The summed E-state index contributed by atoms with van der Waals surface area (Å²) in [5.41, 5.74) is 1.32. The lowest BCUT2D eigenvalue weighted by molar-refractivity contribution is -0.137. The van der Waals surface area contributed by atoms with Gasteiger partial charge in [0.05, 0.1) is 11.9 Å². The summed E-state index contributed by atoms with van der Waals surface area (Å²) in [4.78, 5) is 21.5. The van der Waals surface area contributed by atoms with Crippen molar-refractivity contribution in [3.05, 3.63) is 84.4 Å². The van der Waals surface area contributed by atoms with Crippen LogP contribution in [0.15, 0.2) is 73.3 Å². The monoisotopic (exact) mass is 609 g/mol. The van der Waals surface area contributed by atoms with E-state index in [1.54, 1.807) is 19.2 Å². The fraction of sp³-hybridized carbons (Fsp3) is 0.529. The van der Waals surface area contributed by atoms with Gasteiger partial charge in [0.1, 0.15) is 6.10 Å². The van der Waals surface area contributed by atoms with Crippen molar-refractivity contribution in [2.45, 2.75) is 56.3 Å². The van der Waals surface area contributed by atoms with Crippen LogP contribution in [0.5, 0.6) is 0 Å². The molecule has 3 aromatic rings. The molecule has 44 heavy (non-hydrogen) atoms. The van der Waals surface area contributed by atoms with Crippen LogP contribution in [0.4, 0.5) is 23.7 Å². The second-order valence-corrected chi connectivity index (χ2v) is 12.8. The van der Waals surface area contributed by atoms with E-state index in [-0.39, 0.29) is 23.5 Å². The van der Waals surface area contributed by atoms with Gasteiger partial charge >= 0.3 is 12.3 Å². The largest absolute Gasteiger partial charge is 0.446 e. The zero-order valence-corrected chi connectivity index (χ0v) is 25.3. The van der Waals surface area contributed by atoms with Gasteiger partial charge in [0.25, 0.3) is 0 Å². The van der Waals surface area contributed by atoms with Gasteiger partial charge in [0.2, 0.25) is 0 Å². The smallest absolute Gasteiger partial charge is 0.416 e. The van der Waals surface area contributed by atoms with Crippen molar-refractivity contribution < 1.29 is 22.7 Å². The van der Waals surface area contributed by atoms with E-state index in [0.29, 0.717) is 11.8 Å². The number of halogens is 3. The number of carbonyl (C=O) groups excluding carboxylic acids is 1. The van der Waals surface area contributed by atoms with Gasteiger partial charge in [-0.25, -0.2) is 9.78 Å². The number of hydrogen-bond donors (Lipinski definition) is 1. The summed E-state index contributed by atoms with van der Waals surface area (Å²) in [6.07, 6.45) is 5.93. The van der Waals surface area contributed by atoms with E-state index >= 15 is 0 Å². The number of imidazole rings is 1. The zero-order valence-electron chi connectivity index (χ0n) is 25.3. The first-order valence-electron chi connectivity index (χ1n) is 15.8. The van der Waals surface area contributed by atoms with Crippen LogP contribution < -0.4 is 10.2 Å². The Morgan fingerprint density at radius 1 is 0.977 bits per heavy atom. The first-order valence-corrected chi connectivity index (χ1v) is 15.8. The Balaban J connectivity index is 1.16. The van der Waals surface area contributed by atoms with E-state index in [1.165, 1.54) is 17.7 Å². The number of amides is 1. The Bertz CT molecular complexity index is 1350. The number of benzene rings is 2. The van der Waals surface area contributed by atoms with Gasteiger partial charge in [-0.2, -0.15) is 13.2 Å². The predicted molar refractivity (Wildman–Crippen MR) is 163 cm³/mol. The summed E-state index contributed by atoms with van der Waals surface area (Å²) in [7, 11) is 1.61. The Kier molecular flexibility index (Phi) is 8.89. The van der Waals surface area contributed by atoms with E-state index in [4.69, 9.17) is 4.74 Å². The van der Waals surface area contributed by atoms with E-state index in [1.807, 2.05) is 18.7 Å². The molecular formula is C34H42F3N5O2. The molecule has 236 valence electrons. The summed E-state index contributed by atoms with van der Waals surface area (Å²) < 4.78 is 47.1. The van der Waals surface area contributed by atoms with E-state index in [2.05, 4.69) is 55.0 Å². The van der Waals surface area contributed by atoms with Gasteiger partial charge in [-0.05, 0) is 80.9 Å². The number of ether oxygens (including phenoxy) is 1. The number of likely N-dealkylation sites (tertiary alicyclic amines) is 1. The molecule has 3 heterocycles. The van der Waals surface area contributed by atoms with Crippen LogP contribution in [0.1, 0.15) is 43.2 Å². The number of aromatic nitrogens is 2. The second kappa shape index (κ2) is 12.8. The molecule has 1 aliphatic carbocycles. The SMILES string of the molecule is CNC(=O)OC1CCCC1C(Cn1ccnc1)(c1ccccc1)C1CCN(CC2CN(c3ccc(C(F)(F)F)cc3)C2)CC1. The van der Waals surface area contributed by atoms with Crippen molar-refractivity contribution in [3.8, 4) is 0 Å². The molecule has 3 unspecified atom stereocenters. The first-order chi connectivity index (χ1) is 21.3. The van der Waals surface area contributed by atoms with Gasteiger partial charge in [0, 0.05) is 68.6 Å². The Morgan fingerprint density at radius 3 is 2.34 bits per heavy atom. The summed E-state index contributed by atoms with van der Waals surface area (Å²) in [5.74, 6) is 1.08. The van der Waals surface area contributed by atoms with E-state index in [9.17, 15) is 18.0 Å². The average Bonchev–Trinajstić information content (AvgIpc) is 3.70. The number of carbonyl (C=O) groups is 1. The van der Waals surface area contributed by atoms with Crippen molar-refractivity contribution >= 4 is 11.8 Å². The Morgan fingerprint density at radius 2 is 1.70 bits per heavy atom. The number of alkyl halides is 3. The van der Waals surface area contributed by atoms with Crippen LogP contribution in [-0.2, 0) is 22.9 Å². The van der Waals surface area contributed by atoms with Crippen LogP contribution in [0.3, 0.4) is 0 Å². The van der Waals surface area contributed by atoms with Crippen molar-refractivity contribution in [1.29, 1.82) is 0 Å². The molecule has 1 amide bonds. The third kappa shape index (κ3) is 6.32. The Hall–Kier alpha value is -3.53. The molecular weight excluding hydrogens is 567 g/mol. The number of hydrogen-bond acceptors (Lipinski definition) is 5. The number of piperidine rings is 1. The quantitative estimate of drug-likeness (QED) is 0.313. The van der Waals surface area contributed by atoms with Crippen molar-refractivity contribution in [1.82, 2.24) is 19.8 Å². The molecule has 1 N–H and O–H groups in total. The van der Waals surface area contributed by atoms with Gasteiger partial charge in [-0.3, -0.25) is 0 Å². The van der Waals surface area contributed by atoms with E-state index < -0.39 is 11.7 Å².